The first kappa shape index (κ1) is 11.4. The fourth-order valence-electron chi connectivity index (χ4n) is 1.06. The molecule has 0 saturated carbocycles. The molecule has 1 atom stereocenters. The molecule has 0 fully saturated rings. The Morgan fingerprint density at radius 2 is 2.27 bits per heavy atom. The summed E-state index contributed by atoms with van der Waals surface area (Å²) in [6.07, 6.45) is -1.36. The summed E-state index contributed by atoms with van der Waals surface area (Å²) in [7, 11) is 0. The molecule has 5 N–H and O–H groups in total. The van der Waals surface area contributed by atoms with Gasteiger partial charge in [0.05, 0.1) is 6.54 Å². The van der Waals surface area contributed by atoms with Gasteiger partial charge in [0.2, 0.25) is 0 Å². The second-order valence-electron chi connectivity index (χ2n) is 2.96. The summed E-state index contributed by atoms with van der Waals surface area (Å²) in [5.74, 6) is -1.81. The van der Waals surface area contributed by atoms with Crippen molar-refractivity contribution in [2.75, 3.05) is 12.3 Å². The Bertz CT molecular complexity index is 370. The van der Waals surface area contributed by atoms with Gasteiger partial charge in [0, 0.05) is 11.3 Å². The number of anilines is 1. The number of nitrogens with two attached hydrogens (primary N) is 1. The van der Waals surface area contributed by atoms with Crippen LogP contribution >= 0.6 is 0 Å². The summed E-state index contributed by atoms with van der Waals surface area (Å²) in [5.41, 5.74) is 5.51. The van der Waals surface area contributed by atoms with Gasteiger partial charge in [-0.2, -0.15) is 0 Å². The molecule has 1 unspecified atom stereocenters. The standard InChI is InChI=1S/C9H11FN2O3/c10-7-3-5(11)1-2-6(7)9(15)12-4-8(13)14/h1-3,9,12,15H,4,11H2,(H,13,14). The Kier molecular flexibility index (Phi) is 3.59. The highest BCUT2D eigenvalue weighted by molar-refractivity contribution is 5.69. The molecule has 0 amide bonds. The average Bonchev–Trinajstić information content (AvgIpc) is 2.14. The van der Waals surface area contributed by atoms with E-state index in [1.807, 2.05) is 0 Å². The molecular weight excluding hydrogens is 203 g/mol. The first-order valence-electron chi connectivity index (χ1n) is 4.19. The van der Waals surface area contributed by atoms with E-state index in [-0.39, 0.29) is 11.3 Å². The maximum absolute atomic E-state index is 13.2. The predicted molar refractivity (Wildman–Crippen MR) is 51.4 cm³/mol. The van der Waals surface area contributed by atoms with Crippen LogP contribution < -0.4 is 11.1 Å². The molecule has 1 aromatic rings. The number of hydrogen-bond acceptors (Lipinski definition) is 4. The molecule has 0 radical (unpaired) electrons. The van der Waals surface area contributed by atoms with E-state index in [2.05, 4.69) is 5.32 Å². The molecule has 82 valence electrons. The number of carboxylic acids is 1. The fourth-order valence-corrected chi connectivity index (χ4v) is 1.06. The number of aliphatic carboxylic acids is 1. The minimum absolute atomic E-state index is 0.0366. The van der Waals surface area contributed by atoms with E-state index < -0.39 is 24.6 Å². The molecular formula is C9H11FN2O3. The molecule has 0 aliphatic carbocycles. The highest BCUT2D eigenvalue weighted by Crippen LogP contribution is 2.17. The highest BCUT2D eigenvalue weighted by Gasteiger charge is 2.13. The van der Waals surface area contributed by atoms with E-state index in [0.717, 1.165) is 6.07 Å². The van der Waals surface area contributed by atoms with Crippen molar-refractivity contribution in [3.63, 3.8) is 0 Å². The highest BCUT2D eigenvalue weighted by atomic mass is 19.1. The van der Waals surface area contributed by atoms with Gasteiger partial charge in [-0.05, 0) is 12.1 Å². The number of rotatable bonds is 4. The number of nitrogen functional groups attached to an aromatic ring is 1. The number of aliphatic hydroxyl groups is 1. The molecule has 1 rings (SSSR count). The zero-order valence-corrected chi connectivity index (χ0v) is 7.77. The normalized spacial score (nSPS) is 12.4. The first-order valence-corrected chi connectivity index (χ1v) is 4.19. The van der Waals surface area contributed by atoms with Crippen molar-refractivity contribution in [1.82, 2.24) is 5.32 Å². The Morgan fingerprint density at radius 3 is 2.80 bits per heavy atom. The summed E-state index contributed by atoms with van der Waals surface area (Å²) in [5, 5.41) is 20.0. The molecule has 0 heterocycles. The number of carboxylic acid groups (broad SMARTS) is 1. The molecule has 5 nitrogen and oxygen atoms in total. The molecule has 15 heavy (non-hydrogen) atoms. The predicted octanol–water partition coefficient (Wildman–Crippen LogP) is 0.0730. The van der Waals surface area contributed by atoms with Crippen molar-refractivity contribution in [2.45, 2.75) is 6.23 Å². The summed E-state index contributed by atoms with van der Waals surface area (Å²) >= 11 is 0. The van der Waals surface area contributed by atoms with E-state index in [0.29, 0.717) is 0 Å². The monoisotopic (exact) mass is 214 g/mol. The van der Waals surface area contributed by atoms with Crippen LogP contribution in [0, 0.1) is 5.82 Å². The second-order valence-corrected chi connectivity index (χ2v) is 2.96. The van der Waals surface area contributed by atoms with Gasteiger partial charge < -0.3 is 15.9 Å². The average molecular weight is 214 g/mol. The summed E-state index contributed by atoms with van der Waals surface area (Å²) in [6, 6.07) is 3.77. The maximum atomic E-state index is 13.2. The zero-order chi connectivity index (χ0) is 11.4. The van der Waals surface area contributed by atoms with Crippen molar-refractivity contribution in [3.8, 4) is 0 Å². The summed E-state index contributed by atoms with van der Waals surface area (Å²) in [4.78, 5) is 10.2. The Labute approximate surface area is 85.3 Å². The molecule has 0 aliphatic heterocycles. The topological polar surface area (TPSA) is 95.6 Å². The van der Waals surface area contributed by atoms with Crippen LogP contribution in [0.25, 0.3) is 0 Å². The van der Waals surface area contributed by atoms with E-state index in [4.69, 9.17) is 10.8 Å². The third-order valence-electron chi connectivity index (χ3n) is 1.77. The molecule has 1 aromatic carbocycles. The quantitative estimate of drug-likeness (QED) is 0.420. The van der Waals surface area contributed by atoms with Gasteiger partial charge in [0.1, 0.15) is 12.0 Å². The lowest BCUT2D eigenvalue weighted by Crippen LogP contribution is -2.27. The second kappa shape index (κ2) is 4.72. The van der Waals surface area contributed by atoms with Crippen molar-refractivity contribution in [3.05, 3.63) is 29.6 Å². The summed E-state index contributed by atoms with van der Waals surface area (Å²) in [6.45, 7) is -0.453. The fraction of sp³-hybridized carbons (Fsp3) is 0.222. The minimum Gasteiger partial charge on any atom is -0.480 e. The molecule has 0 aliphatic rings. The van der Waals surface area contributed by atoms with Crippen LogP contribution in [-0.2, 0) is 4.79 Å². The van der Waals surface area contributed by atoms with Crippen molar-refractivity contribution in [1.29, 1.82) is 0 Å². The van der Waals surface area contributed by atoms with Gasteiger partial charge in [0.25, 0.3) is 0 Å². The number of nitrogens with one attached hydrogen (secondary N) is 1. The lowest BCUT2D eigenvalue weighted by molar-refractivity contribution is -0.136. The SMILES string of the molecule is Nc1ccc(C(O)NCC(=O)O)c(F)c1. The zero-order valence-electron chi connectivity index (χ0n) is 7.77. The van der Waals surface area contributed by atoms with Crippen molar-refractivity contribution < 1.29 is 19.4 Å². The van der Waals surface area contributed by atoms with Gasteiger partial charge in [0.15, 0.2) is 0 Å². The number of benzene rings is 1. The lowest BCUT2D eigenvalue weighted by atomic mass is 10.1. The van der Waals surface area contributed by atoms with E-state index in [1.165, 1.54) is 12.1 Å². The smallest absolute Gasteiger partial charge is 0.317 e. The molecule has 0 saturated heterocycles. The Hall–Kier alpha value is -1.66. The summed E-state index contributed by atoms with van der Waals surface area (Å²) < 4.78 is 13.2. The minimum atomic E-state index is -1.36. The van der Waals surface area contributed by atoms with Gasteiger partial charge in [-0.3, -0.25) is 10.1 Å². The van der Waals surface area contributed by atoms with Crippen LogP contribution in [0.4, 0.5) is 10.1 Å². The first-order chi connectivity index (χ1) is 7.00. The number of aliphatic hydroxyl groups excluding tert-OH is 1. The molecule has 0 aromatic heterocycles. The van der Waals surface area contributed by atoms with Crippen molar-refractivity contribution >= 4 is 11.7 Å². The largest absolute Gasteiger partial charge is 0.480 e. The number of hydrogen-bond donors (Lipinski definition) is 4. The third kappa shape index (κ3) is 3.19. The van der Waals surface area contributed by atoms with Crippen LogP contribution in [0.5, 0.6) is 0 Å². The molecule has 6 heteroatoms. The van der Waals surface area contributed by atoms with E-state index in [1.54, 1.807) is 0 Å². The lowest BCUT2D eigenvalue weighted by Gasteiger charge is -2.12. The van der Waals surface area contributed by atoms with E-state index in [9.17, 15) is 14.3 Å². The van der Waals surface area contributed by atoms with Crippen LogP contribution in [0.15, 0.2) is 18.2 Å². The third-order valence-corrected chi connectivity index (χ3v) is 1.77. The van der Waals surface area contributed by atoms with Gasteiger partial charge in [-0.1, -0.05) is 6.07 Å². The maximum Gasteiger partial charge on any atom is 0.317 e. The van der Waals surface area contributed by atoms with Crippen LogP contribution in [0.1, 0.15) is 11.8 Å². The number of carbonyl (C=O) groups is 1. The number of halogens is 1. The van der Waals surface area contributed by atoms with Crippen LogP contribution in [-0.4, -0.2) is 22.7 Å². The van der Waals surface area contributed by atoms with Crippen LogP contribution in [0.3, 0.4) is 0 Å². The molecule has 0 bridgehead atoms. The van der Waals surface area contributed by atoms with Gasteiger partial charge >= 0.3 is 5.97 Å². The van der Waals surface area contributed by atoms with Gasteiger partial charge in [-0.15, -0.1) is 0 Å². The van der Waals surface area contributed by atoms with Crippen molar-refractivity contribution in [2.24, 2.45) is 0 Å². The van der Waals surface area contributed by atoms with E-state index >= 15 is 0 Å². The van der Waals surface area contributed by atoms with Gasteiger partial charge in [-0.25, -0.2) is 4.39 Å². The Morgan fingerprint density at radius 1 is 1.60 bits per heavy atom. The molecule has 0 spiro atoms. The van der Waals surface area contributed by atoms with Crippen LogP contribution in [0.2, 0.25) is 0 Å². The Balaban J connectivity index is 2.73.